The molecule has 0 atom stereocenters. The average molecular weight is 352 g/mol. The van der Waals surface area contributed by atoms with Crippen molar-refractivity contribution in [2.24, 2.45) is 12.2 Å². The molecule has 1 heterocycles. The van der Waals surface area contributed by atoms with Crippen molar-refractivity contribution in [1.82, 2.24) is 9.55 Å². The summed E-state index contributed by atoms with van der Waals surface area (Å²) in [6, 6.07) is 10.00. The zero-order valence-corrected chi connectivity index (χ0v) is 13.7. The molecular formula is C16H10ClN7O. The van der Waals surface area contributed by atoms with Crippen LogP contribution in [0.4, 0.5) is 17.1 Å². The molecule has 1 N–H and O–H groups in total. The van der Waals surface area contributed by atoms with Crippen molar-refractivity contribution in [3.05, 3.63) is 68.0 Å². The zero-order chi connectivity index (χ0) is 18.0. The molecule has 8 nitrogen and oxygen atoms in total. The summed E-state index contributed by atoms with van der Waals surface area (Å²) >= 11 is 6.18. The molecule has 0 spiro atoms. The molecule has 122 valence electrons. The van der Waals surface area contributed by atoms with E-state index in [9.17, 15) is 10.1 Å². The van der Waals surface area contributed by atoms with E-state index in [1.54, 1.807) is 25.2 Å². The molecule has 0 fully saturated rings. The fourth-order valence-corrected chi connectivity index (χ4v) is 2.57. The van der Waals surface area contributed by atoms with E-state index in [2.05, 4.69) is 20.3 Å². The number of benzene rings is 2. The van der Waals surface area contributed by atoms with Crippen LogP contribution in [0.5, 0.6) is 0 Å². The molecule has 3 rings (SSSR count). The third-order valence-electron chi connectivity index (χ3n) is 3.58. The molecule has 0 aliphatic carbocycles. The first-order chi connectivity index (χ1) is 12.0. The van der Waals surface area contributed by atoms with Crippen LogP contribution in [0.2, 0.25) is 5.02 Å². The third kappa shape index (κ3) is 2.97. The van der Waals surface area contributed by atoms with Gasteiger partial charge in [0.1, 0.15) is 6.07 Å². The molecule has 0 saturated carbocycles. The Balaban J connectivity index is 2.15. The van der Waals surface area contributed by atoms with Crippen LogP contribution in [0.25, 0.3) is 21.3 Å². The topological polar surface area (TPSA) is 119 Å². The van der Waals surface area contributed by atoms with Gasteiger partial charge < -0.3 is 9.88 Å². The fourth-order valence-electron chi connectivity index (χ4n) is 2.37. The van der Waals surface area contributed by atoms with E-state index in [0.29, 0.717) is 22.3 Å². The van der Waals surface area contributed by atoms with Crippen molar-refractivity contribution in [2.45, 2.75) is 0 Å². The normalized spacial score (nSPS) is 10.1. The molecule has 0 bridgehead atoms. The molecular weight excluding hydrogens is 342 g/mol. The summed E-state index contributed by atoms with van der Waals surface area (Å²) in [5.41, 5.74) is 10.1. The van der Waals surface area contributed by atoms with Gasteiger partial charge in [0, 0.05) is 17.6 Å². The lowest BCUT2D eigenvalue weighted by atomic mass is 10.1. The van der Waals surface area contributed by atoms with E-state index in [-0.39, 0.29) is 21.8 Å². The molecule has 0 aliphatic heterocycles. The quantitative estimate of drug-likeness (QED) is 0.433. The third-order valence-corrected chi connectivity index (χ3v) is 3.90. The number of hydrogen-bond donors (Lipinski definition) is 1. The number of rotatable bonds is 3. The predicted molar refractivity (Wildman–Crippen MR) is 95.2 cm³/mol. The average Bonchev–Trinajstić information content (AvgIpc) is 2.62. The van der Waals surface area contributed by atoms with E-state index in [1.807, 2.05) is 6.07 Å². The van der Waals surface area contributed by atoms with Crippen LogP contribution in [0.3, 0.4) is 0 Å². The summed E-state index contributed by atoms with van der Waals surface area (Å²) in [6.45, 7) is 0. The fraction of sp³-hybridized carbons (Fsp3) is 0.0625. The van der Waals surface area contributed by atoms with E-state index in [4.69, 9.17) is 17.1 Å². The van der Waals surface area contributed by atoms with Gasteiger partial charge in [0.05, 0.1) is 39.2 Å². The summed E-state index contributed by atoms with van der Waals surface area (Å²) in [5.74, 6) is 0. The largest absolute Gasteiger partial charge is 0.353 e. The van der Waals surface area contributed by atoms with E-state index < -0.39 is 0 Å². The number of nitrogens with zero attached hydrogens (tertiary/aromatic N) is 6. The smallest absolute Gasteiger partial charge is 0.260 e. The maximum Gasteiger partial charge on any atom is 0.260 e. The number of fused-ring (bicyclic) bond motifs is 1. The van der Waals surface area contributed by atoms with Crippen molar-refractivity contribution in [3.63, 3.8) is 0 Å². The maximum atomic E-state index is 12.2. The standard InChI is InChI=1S/C16H10ClN7O/c1-24-8-20-13-4-2-9(6-10(13)16(24)25)21-15-11(7-18)14(22-23-19)5-3-12(15)17/h2-6,8,21H,1H3. The van der Waals surface area contributed by atoms with Gasteiger partial charge in [-0.2, -0.15) is 5.26 Å². The van der Waals surface area contributed by atoms with E-state index >= 15 is 0 Å². The number of halogens is 1. The molecule has 0 amide bonds. The monoisotopic (exact) mass is 351 g/mol. The van der Waals surface area contributed by atoms with Crippen LogP contribution in [0.15, 0.2) is 46.6 Å². The highest BCUT2D eigenvalue weighted by Gasteiger charge is 2.13. The summed E-state index contributed by atoms with van der Waals surface area (Å²) in [7, 11) is 1.61. The first kappa shape index (κ1) is 16.3. The summed E-state index contributed by atoms with van der Waals surface area (Å²) in [6.07, 6.45) is 1.45. The van der Waals surface area contributed by atoms with Crippen molar-refractivity contribution in [1.29, 1.82) is 5.26 Å². The van der Waals surface area contributed by atoms with Gasteiger partial charge >= 0.3 is 0 Å². The van der Waals surface area contributed by atoms with Gasteiger partial charge in [-0.1, -0.05) is 16.7 Å². The highest BCUT2D eigenvalue weighted by Crippen LogP contribution is 2.35. The van der Waals surface area contributed by atoms with Gasteiger partial charge in [-0.05, 0) is 35.9 Å². The number of aryl methyl sites for hydroxylation is 1. The Kier molecular flexibility index (Phi) is 4.27. The minimum absolute atomic E-state index is 0.115. The first-order valence-electron chi connectivity index (χ1n) is 7.05. The second-order valence-corrected chi connectivity index (χ2v) is 5.54. The molecule has 0 aliphatic rings. The Morgan fingerprint density at radius 1 is 1.40 bits per heavy atom. The number of nitrogens with one attached hydrogen (secondary N) is 1. The lowest BCUT2D eigenvalue weighted by Crippen LogP contribution is -2.16. The maximum absolute atomic E-state index is 12.2. The summed E-state index contributed by atoms with van der Waals surface area (Å²) in [4.78, 5) is 19.1. The number of nitriles is 1. The Labute approximate surface area is 146 Å². The van der Waals surface area contributed by atoms with Crippen molar-refractivity contribution in [3.8, 4) is 6.07 Å². The van der Waals surface area contributed by atoms with Gasteiger partial charge in [0.15, 0.2) is 0 Å². The highest BCUT2D eigenvalue weighted by molar-refractivity contribution is 6.33. The van der Waals surface area contributed by atoms with Gasteiger partial charge in [0.2, 0.25) is 0 Å². The highest BCUT2D eigenvalue weighted by atomic mass is 35.5. The van der Waals surface area contributed by atoms with Gasteiger partial charge in [-0.15, -0.1) is 0 Å². The number of azide groups is 1. The predicted octanol–water partition coefficient (Wildman–Crippen LogP) is 4.14. The summed E-state index contributed by atoms with van der Waals surface area (Å²) < 4.78 is 1.38. The molecule has 25 heavy (non-hydrogen) atoms. The van der Waals surface area contributed by atoms with E-state index in [0.717, 1.165) is 0 Å². The van der Waals surface area contributed by atoms with E-state index in [1.165, 1.54) is 23.0 Å². The Morgan fingerprint density at radius 2 is 2.20 bits per heavy atom. The SMILES string of the molecule is Cn1cnc2ccc(Nc3c(Cl)ccc(N=[N+]=[N-])c3C#N)cc2c1=O. The van der Waals surface area contributed by atoms with Crippen LogP contribution in [0, 0.1) is 11.3 Å². The van der Waals surface area contributed by atoms with Crippen LogP contribution in [-0.4, -0.2) is 9.55 Å². The Morgan fingerprint density at radius 3 is 2.92 bits per heavy atom. The summed E-state index contributed by atoms with van der Waals surface area (Å²) in [5, 5.41) is 16.6. The van der Waals surface area contributed by atoms with Crippen molar-refractivity contribution in [2.75, 3.05) is 5.32 Å². The van der Waals surface area contributed by atoms with Gasteiger partial charge in [0.25, 0.3) is 5.56 Å². The first-order valence-corrected chi connectivity index (χ1v) is 7.43. The number of anilines is 2. The van der Waals surface area contributed by atoms with Gasteiger partial charge in [-0.25, -0.2) is 4.98 Å². The lowest BCUT2D eigenvalue weighted by molar-refractivity contribution is 0.843. The Hall–Kier alpha value is -3.53. The minimum atomic E-state index is -0.192. The molecule has 1 aromatic heterocycles. The molecule has 0 saturated heterocycles. The van der Waals surface area contributed by atoms with Crippen molar-refractivity contribution >= 4 is 39.6 Å². The second kappa shape index (κ2) is 6.53. The lowest BCUT2D eigenvalue weighted by Gasteiger charge is -2.12. The molecule has 3 aromatic rings. The Bertz CT molecular complexity index is 1140. The molecule has 0 unspecified atom stereocenters. The van der Waals surface area contributed by atoms with Gasteiger partial charge in [-0.3, -0.25) is 4.79 Å². The molecule has 9 heteroatoms. The van der Waals surface area contributed by atoms with Crippen LogP contribution in [0.1, 0.15) is 5.56 Å². The number of hydrogen-bond acceptors (Lipinski definition) is 5. The minimum Gasteiger partial charge on any atom is -0.353 e. The van der Waals surface area contributed by atoms with Crippen LogP contribution >= 0.6 is 11.6 Å². The zero-order valence-electron chi connectivity index (χ0n) is 12.9. The van der Waals surface area contributed by atoms with Crippen molar-refractivity contribution < 1.29 is 0 Å². The molecule has 2 aromatic carbocycles. The van der Waals surface area contributed by atoms with Crippen LogP contribution < -0.4 is 10.9 Å². The molecule has 0 radical (unpaired) electrons. The van der Waals surface area contributed by atoms with Crippen LogP contribution in [-0.2, 0) is 7.05 Å². The second-order valence-electron chi connectivity index (χ2n) is 5.14. The number of aromatic nitrogens is 2.